The highest BCUT2D eigenvalue weighted by atomic mass is 19.4. The molecule has 0 radical (unpaired) electrons. The van der Waals surface area contributed by atoms with Crippen LogP contribution in [0.5, 0.6) is 5.75 Å². The van der Waals surface area contributed by atoms with Gasteiger partial charge in [-0.2, -0.15) is 13.2 Å². The van der Waals surface area contributed by atoms with Gasteiger partial charge in [0.1, 0.15) is 5.75 Å². The van der Waals surface area contributed by atoms with Gasteiger partial charge in [-0.3, -0.25) is 14.4 Å². The number of esters is 1. The molecule has 1 N–H and O–H groups in total. The Kier molecular flexibility index (Phi) is 5.76. The van der Waals surface area contributed by atoms with Crippen LogP contribution in [0.25, 0.3) is 0 Å². The molecule has 0 saturated carbocycles. The van der Waals surface area contributed by atoms with Gasteiger partial charge in [0.2, 0.25) is 5.91 Å². The number of amides is 1. The van der Waals surface area contributed by atoms with E-state index in [-0.39, 0.29) is 18.1 Å². The molecule has 26 heavy (non-hydrogen) atoms. The predicted molar refractivity (Wildman–Crippen MR) is 86.9 cm³/mol. The molecule has 2 rings (SSSR count). The van der Waals surface area contributed by atoms with Crippen molar-refractivity contribution in [2.75, 3.05) is 5.32 Å². The minimum Gasteiger partial charge on any atom is -0.426 e. The average molecular weight is 365 g/mol. The summed E-state index contributed by atoms with van der Waals surface area (Å²) in [6.07, 6.45) is -5.11. The summed E-state index contributed by atoms with van der Waals surface area (Å²) >= 11 is 0. The summed E-state index contributed by atoms with van der Waals surface area (Å²) in [6.45, 7) is 1.36. The van der Waals surface area contributed by atoms with Crippen molar-refractivity contribution in [3.05, 3.63) is 59.7 Å². The Labute approximate surface area is 146 Å². The largest absolute Gasteiger partial charge is 0.454 e. The quantitative estimate of drug-likeness (QED) is 0.500. The lowest BCUT2D eigenvalue weighted by atomic mass is 10.1. The zero-order chi connectivity index (χ0) is 19.3. The standard InChI is InChI=1S/C18H14F3NO4/c1-11(23)22-14-6-8-15(9-7-14)26-16(24)10-12-2-4-13(5-3-12)17(25)18(19,20)21/h2-9H,10H2,1H3,(H,22,23). The number of carbonyl (C=O) groups is 3. The average Bonchev–Trinajstić information content (AvgIpc) is 2.55. The minimum atomic E-state index is -4.94. The molecule has 0 aliphatic heterocycles. The number of benzene rings is 2. The zero-order valence-electron chi connectivity index (χ0n) is 13.6. The maximum absolute atomic E-state index is 12.3. The summed E-state index contributed by atoms with van der Waals surface area (Å²) < 4.78 is 42.1. The number of anilines is 1. The van der Waals surface area contributed by atoms with Gasteiger partial charge in [0.05, 0.1) is 6.42 Å². The van der Waals surface area contributed by atoms with Gasteiger partial charge in [-0.05, 0) is 29.8 Å². The van der Waals surface area contributed by atoms with Gasteiger partial charge in [-0.1, -0.05) is 24.3 Å². The van der Waals surface area contributed by atoms with Crippen LogP contribution in [0.3, 0.4) is 0 Å². The number of nitrogens with one attached hydrogen (secondary N) is 1. The van der Waals surface area contributed by atoms with Gasteiger partial charge in [-0.15, -0.1) is 0 Å². The topological polar surface area (TPSA) is 72.5 Å². The van der Waals surface area contributed by atoms with Gasteiger partial charge in [0.25, 0.3) is 5.78 Å². The van der Waals surface area contributed by atoms with Crippen LogP contribution >= 0.6 is 0 Å². The van der Waals surface area contributed by atoms with Gasteiger partial charge in [0, 0.05) is 18.2 Å². The van der Waals surface area contributed by atoms with Crippen molar-refractivity contribution in [3.63, 3.8) is 0 Å². The van der Waals surface area contributed by atoms with E-state index in [4.69, 9.17) is 4.74 Å². The van der Waals surface area contributed by atoms with E-state index in [2.05, 4.69) is 5.32 Å². The first-order valence-corrected chi connectivity index (χ1v) is 7.44. The molecule has 0 heterocycles. The Hall–Kier alpha value is -3.16. The van der Waals surface area contributed by atoms with Crippen LogP contribution in [0.2, 0.25) is 0 Å². The third kappa shape index (κ3) is 5.44. The van der Waals surface area contributed by atoms with Crippen molar-refractivity contribution in [1.29, 1.82) is 0 Å². The fourth-order valence-electron chi connectivity index (χ4n) is 2.08. The third-order valence-corrected chi connectivity index (χ3v) is 3.23. The molecule has 0 aliphatic carbocycles. The molecule has 0 unspecified atom stereocenters. The summed E-state index contributed by atoms with van der Waals surface area (Å²) in [5, 5.41) is 2.56. The van der Waals surface area contributed by atoms with E-state index >= 15 is 0 Å². The molecular formula is C18H14F3NO4. The van der Waals surface area contributed by atoms with Crippen LogP contribution in [-0.2, 0) is 16.0 Å². The highest BCUT2D eigenvalue weighted by molar-refractivity contribution is 6.00. The molecule has 0 aromatic heterocycles. The Morgan fingerprint density at radius 1 is 0.962 bits per heavy atom. The van der Waals surface area contributed by atoms with Crippen LogP contribution in [0, 0.1) is 0 Å². The van der Waals surface area contributed by atoms with E-state index < -0.39 is 23.5 Å². The number of rotatable bonds is 5. The van der Waals surface area contributed by atoms with E-state index in [9.17, 15) is 27.6 Å². The maximum Gasteiger partial charge on any atom is 0.454 e. The molecule has 2 aromatic carbocycles. The number of hydrogen-bond acceptors (Lipinski definition) is 4. The number of alkyl halides is 3. The summed E-state index contributed by atoms with van der Waals surface area (Å²) in [6, 6.07) is 10.7. The van der Waals surface area contributed by atoms with Crippen LogP contribution in [0.4, 0.5) is 18.9 Å². The van der Waals surface area contributed by atoms with Crippen LogP contribution in [0.1, 0.15) is 22.8 Å². The summed E-state index contributed by atoms with van der Waals surface area (Å²) in [4.78, 5) is 33.9. The SMILES string of the molecule is CC(=O)Nc1ccc(OC(=O)Cc2ccc(C(=O)C(F)(F)F)cc2)cc1. The lowest BCUT2D eigenvalue weighted by Crippen LogP contribution is -2.22. The first kappa shape index (κ1) is 19.2. The Bertz CT molecular complexity index is 812. The first-order valence-electron chi connectivity index (χ1n) is 7.44. The zero-order valence-corrected chi connectivity index (χ0v) is 13.6. The number of Topliss-reactive ketones (excluding diaryl/α,β-unsaturated/α-hetero) is 1. The molecule has 0 saturated heterocycles. The molecule has 2 aromatic rings. The number of halogens is 3. The van der Waals surface area contributed by atoms with Gasteiger partial charge in [0.15, 0.2) is 0 Å². The molecule has 5 nitrogen and oxygen atoms in total. The fraction of sp³-hybridized carbons (Fsp3) is 0.167. The Morgan fingerprint density at radius 3 is 2.04 bits per heavy atom. The highest BCUT2D eigenvalue weighted by Gasteiger charge is 2.39. The molecule has 0 bridgehead atoms. The molecule has 0 spiro atoms. The van der Waals surface area contributed by atoms with Crippen LogP contribution in [-0.4, -0.2) is 23.8 Å². The molecule has 0 atom stereocenters. The first-order chi connectivity index (χ1) is 12.1. The second-order valence-electron chi connectivity index (χ2n) is 5.38. The normalized spacial score (nSPS) is 10.9. The van der Waals surface area contributed by atoms with E-state index in [0.717, 1.165) is 12.1 Å². The van der Waals surface area contributed by atoms with Crippen LogP contribution < -0.4 is 10.1 Å². The minimum absolute atomic E-state index is 0.173. The van der Waals surface area contributed by atoms with E-state index in [1.54, 1.807) is 12.1 Å². The van der Waals surface area contributed by atoms with Crippen molar-refractivity contribution < 1.29 is 32.3 Å². The predicted octanol–water partition coefficient (Wildman–Crippen LogP) is 3.54. The second kappa shape index (κ2) is 7.81. The fourth-order valence-corrected chi connectivity index (χ4v) is 2.08. The monoisotopic (exact) mass is 365 g/mol. The van der Waals surface area contributed by atoms with E-state index in [0.29, 0.717) is 11.3 Å². The molecule has 1 amide bonds. The lowest BCUT2D eigenvalue weighted by Gasteiger charge is -2.07. The molecule has 0 aliphatic rings. The van der Waals surface area contributed by atoms with Gasteiger partial charge >= 0.3 is 12.1 Å². The van der Waals surface area contributed by atoms with Crippen molar-refractivity contribution in [1.82, 2.24) is 0 Å². The summed E-state index contributed by atoms with van der Waals surface area (Å²) in [5.41, 5.74) is 0.453. The number of hydrogen-bond donors (Lipinski definition) is 1. The van der Waals surface area contributed by atoms with Gasteiger partial charge in [-0.25, -0.2) is 0 Å². The van der Waals surface area contributed by atoms with Crippen molar-refractivity contribution in [3.8, 4) is 5.75 Å². The number of carbonyl (C=O) groups excluding carboxylic acids is 3. The molecule has 8 heteroatoms. The van der Waals surface area contributed by atoms with E-state index in [1.807, 2.05) is 0 Å². The van der Waals surface area contributed by atoms with Crippen molar-refractivity contribution in [2.24, 2.45) is 0 Å². The summed E-state index contributed by atoms with van der Waals surface area (Å²) in [7, 11) is 0. The maximum atomic E-state index is 12.3. The highest BCUT2D eigenvalue weighted by Crippen LogP contribution is 2.22. The molecular weight excluding hydrogens is 351 g/mol. The second-order valence-corrected chi connectivity index (χ2v) is 5.38. The number of ketones is 1. The summed E-state index contributed by atoms with van der Waals surface area (Å²) in [5.74, 6) is -2.53. The smallest absolute Gasteiger partial charge is 0.426 e. The third-order valence-electron chi connectivity index (χ3n) is 3.23. The van der Waals surface area contributed by atoms with Crippen LogP contribution in [0.15, 0.2) is 48.5 Å². The number of ether oxygens (including phenoxy) is 1. The Balaban J connectivity index is 1.95. The molecule has 0 fully saturated rings. The van der Waals surface area contributed by atoms with Gasteiger partial charge < -0.3 is 10.1 Å². The Morgan fingerprint density at radius 2 is 1.54 bits per heavy atom. The van der Waals surface area contributed by atoms with Crippen molar-refractivity contribution >= 4 is 23.3 Å². The van der Waals surface area contributed by atoms with E-state index in [1.165, 1.54) is 31.2 Å². The lowest BCUT2D eigenvalue weighted by molar-refractivity contribution is -0.133. The van der Waals surface area contributed by atoms with Crippen molar-refractivity contribution in [2.45, 2.75) is 19.5 Å². The molecule has 136 valence electrons.